The van der Waals surface area contributed by atoms with Crippen LogP contribution in [0.3, 0.4) is 0 Å². The number of hydrogen-bond acceptors (Lipinski definition) is 4. The molecule has 0 radical (unpaired) electrons. The molecule has 2 unspecified atom stereocenters. The Hall–Kier alpha value is -1.63. The third-order valence-electron chi connectivity index (χ3n) is 3.47. The van der Waals surface area contributed by atoms with E-state index in [1.165, 1.54) is 0 Å². The number of urea groups is 1. The molecular formula is C13H19N3O3S. The quantitative estimate of drug-likeness (QED) is 0.895. The summed E-state index contributed by atoms with van der Waals surface area (Å²) in [6.45, 7) is 6.88. The molecule has 2 heterocycles. The highest BCUT2D eigenvalue weighted by Gasteiger charge is 2.29. The molecule has 1 aromatic rings. The van der Waals surface area contributed by atoms with E-state index in [0.29, 0.717) is 16.6 Å². The molecule has 2 amide bonds. The van der Waals surface area contributed by atoms with Crippen LogP contribution in [0.5, 0.6) is 0 Å². The molecule has 2 atom stereocenters. The third-order valence-corrected chi connectivity index (χ3v) is 4.62. The van der Waals surface area contributed by atoms with Crippen LogP contribution in [0, 0.1) is 12.8 Å². The summed E-state index contributed by atoms with van der Waals surface area (Å²) in [5.41, 5.74) is 0.495. The summed E-state index contributed by atoms with van der Waals surface area (Å²) in [5.74, 6) is -0.448. The summed E-state index contributed by atoms with van der Waals surface area (Å²) in [5, 5.41) is 12.4. The molecule has 0 aliphatic carbocycles. The van der Waals surface area contributed by atoms with E-state index < -0.39 is 5.97 Å². The number of carboxylic acids is 1. The molecule has 1 aromatic heterocycles. The summed E-state index contributed by atoms with van der Waals surface area (Å²) in [7, 11) is 0. The van der Waals surface area contributed by atoms with Crippen molar-refractivity contribution in [3.63, 3.8) is 0 Å². The van der Waals surface area contributed by atoms with Crippen LogP contribution in [-0.4, -0.2) is 39.6 Å². The molecule has 6 nitrogen and oxygen atoms in total. The lowest BCUT2D eigenvalue weighted by molar-refractivity contribution is 0.0701. The molecule has 0 bridgehead atoms. The van der Waals surface area contributed by atoms with E-state index >= 15 is 0 Å². The van der Waals surface area contributed by atoms with Crippen LogP contribution < -0.4 is 5.32 Å². The number of aryl methyl sites for hydroxylation is 1. The molecule has 0 spiro atoms. The number of aromatic nitrogens is 1. The monoisotopic (exact) mass is 297 g/mol. The minimum atomic E-state index is -0.973. The summed E-state index contributed by atoms with van der Waals surface area (Å²) >= 11 is 1.11. The highest BCUT2D eigenvalue weighted by Crippen LogP contribution is 2.22. The maximum atomic E-state index is 12.1. The molecule has 1 aliphatic rings. The number of carbonyl (C=O) groups excluding carboxylic acids is 1. The number of hydrogen-bond donors (Lipinski definition) is 2. The van der Waals surface area contributed by atoms with Crippen molar-refractivity contribution in [2.75, 3.05) is 6.54 Å². The Morgan fingerprint density at radius 3 is 2.70 bits per heavy atom. The first-order chi connectivity index (χ1) is 9.38. The Bertz CT molecular complexity index is 529. The van der Waals surface area contributed by atoms with Crippen molar-refractivity contribution in [3.05, 3.63) is 15.6 Å². The van der Waals surface area contributed by atoms with Gasteiger partial charge in [-0.25, -0.2) is 14.6 Å². The second kappa shape index (κ2) is 5.78. The lowest BCUT2D eigenvalue weighted by Gasteiger charge is -2.21. The Morgan fingerprint density at radius 1 is 1.50 bits per heavy atom. The molecule has 110 valence electrons. The average Bonchev–Trinajstić information content (AvgIpc) is 2.89. The van der Waals surface area contributed by atoms with Crippen LogP contribution in [0.15, 0.2) is 0 Å². The van der Waals surface area contributed by atoms with Gasteiger partial charge in [0.15, 0.2) is 0 Å². The van der Waals surface area contributed by atoms with E-state index in [2.05, 4.69) is 17.2 Å². The number of carbonyl (C=O) groups is 2. The predicted octanol–water partition coefficient (Wildman–Crippen LogP) is 2.09. The van der Waals surface area contributed by atoms with Gasteiger partial charge in [-0.05, 0) is 26.2 Å². The average molecular weight is 297 g/mol. The van der Waals surface area contributed by atoms with Crippen molar-refractivity contribution in [1.29, 1.82) is 0 Å². The number of amides is 2. The highest BCUT2D eigenvalue weighted by molar-refractivity contribution is 7.13. The number of thiazole rings is 1. The van der Waals surface area contributed by atoms with Gasteiger partial charge in [0.1, 0.15) is 9.88 Å². The van der Waals surface area contributed by atoms with E-state index in [4.69, 9.17) is 5.11 Å². The Labute approximate surface area is 121 Å². The topological polar surface area (TPSA) is 82.5 Å². The van der Waals surface area contributed by atoms with E-state index in [-0.39, 0.29) is 23.5 Å². The van der Waals surface area contributed by atoms with Crippen LogP contribution in [0.25, 0.3) is 0 Å². The van der Waals surface area contributed by atoms with Gasteiger partial charge in [0.05, 0.1) is 12.2 Å². The Morgan fingerprint density at radius 2 is 2.20 bits per heavy atom. The smallest absolute Gasteiger partial charge is 0.347 e. The zero-order valence-corrected chi connectivity index (χ0v) is 12.7. The van der Waals surface area contributed by atoms with Crippen LogP contribution in [0.1, 0.15) is 40.6 Å². The van der Waals surface area contributed by atoms with Gasteiger partial charge in [0, 0.05) is 12.6 Å². The van der Waals surface area contributed by atoms with E-state index in [1.807, 2.05) is 11.8 Å². The molecule has 1 fully saturated rings. The van der Waals surface area contributed by atoms with Gasteiger partial charge in [-0.1, -0.05) is 6.92 Å². The first-order valence-electron chi connectivity index (χ1n) is 6.62. The number of rotatable bonds is 3. The summed E-state index contributed by atoms with van der Waals surface area (Å²) < 4.78 is 0. The van der Waals surface area contributed by atoms with E-state index in [1.54, 1.807) is 6.92 Å². The fourth-order valence-corrected chi connectivity index (χ4v) is 3.41. The maximum Gasteiger partial charge on any atom is 0.347 e. The molecule has 1 aliphatic heterocycles. The molecule has 0 aromatic carbocycles. The number of aromatic carboxylic acids is 1. The number of likely N-dealkylation sites (tertiary alicyclic amines) is 1. The molecule has 2 rings (SSSR count). The van der Waals surface area contributed by atoms with E-state index in [0.717, 1.165) is 24.3 Å². The molecular weight excluding hydrogens is 278 g/mol. The molecule has 1 saturated heterocycles. The third kappa shape index (κ3) is 3.09. The first kappa shape index (κ1) is 14.8. The van der Waals surface area contributed by atoms with Gasteiger partial charge in [0.25, 0.3) is 0 Å². The second-order valence-corrected chi connectivity index (χ2v) is 6.41. The normalized spacial score (nSPS) is 22.1. The van der Waals surface area contributed by atoms with Crippen LogP contribution in [-0.2, 0) is 6.54 Å². The van der Waals surface area contributed by atoms with Gasteiger partial charge in [0.2, 0.25) is 0 Å². The van der Waals surface area contributed by atoms with E-state index in [9.17, 15) is 9.59 Å². The summed E-state index contributed by atoms with van der Waals surface area (Å²) in [6.07, 6.45) is 1.02. The standard InChI is InChI=1S/C13H19N3O3S/c1-7-4-8(2)16(6-7)13(19)14-5-10-15-9(3)11(20-10)12(17)18/h7-8H,4-6H2,1-3H3,(H,14,19)(H,17,18). The maximum absolute atomic E-state index is 12.1. The van der Waals surface area contributed by atoms with Gasteiger partial charge >= 0.3 is 12.0 Å². The van der Waals surface area contributed by atoms with Crippen molar-refractivity contribution in [2.24, 2.45) is 5.92 Å². The van der Waals surface area contributed by atoms with Crippen molar-refractivity contribution >= 4 is 23.3 Å². The van der Waals surface area contributed by atoms with Gasteiger partial charge in [-0.3, -0.25) is 0 Å². The Kier molecular flexibility index (Phi) is 4.27. The van der Waals surface area contributed by atoms with Gasteiger partial charge in [-0.2, -0.15) is 0 Å². The fourth-order valence-electron chi connectivity index (χ4n) is 2.56. The lowest BCUT2D eigenvalue weighted by Crippen LogP contribution is -2.41. The highest BCUT2D eigenvalue weighted by atomic mass is 32.1. The minimum absolute atomic E-state index is 0.105. The van der Waals surface area contributed by atoms with Crippen LogP contribution >= 0.6 is 11.3 Å². The van der Waals surface area contributed by atoms with Gasteiger partial charge < -0.3 is 15.3 Å². The second-order valence-electron chi connectivity index (χ2n) is 5.33. The fraction of sp³-hybridized carbons (Fsp3) is 0.615. The van der Waals surface area contributed by atoms with Gasteiger partial charge in [-0.15, -0.1) is 11.3 Å². The number of nitrogens with zero attached hydrogens (tertiary/aromatic N) is 2. The summed E-state index contributed by atoms with van der Waals surface area (Å²) in [4.78, 5) is 29.2. The lowest BCUT2D eigenvalue weighted by atomic mass is 10.1. The number of carboxylic acid groups (broad SMARTS) is 1. The van der Waals surface area contributed by atoms with Crippen molar-refractivity contribution in [2.45, 2.75) is 39.8 Å². The zero-order valence-electron chi connectivity index (χ0n) is 11.8. The molecule has 20 heavy (non-hydrogen) atoms. The van der Waals surface area contributed by atoms with Crippen molar-refractivity contribution < 1.29 is 14.7 Å². The molecule has 0 saturated carbocycles. The zero-order chi connectivity index (χ0) is 14.9. The summed E-state index contributed by atoms with van der Waals surface area (Å²) in [6, 6.07) is 0.143. The molecule has 7 heteroatoms. The SMILES string of the molecule is Cc1nc(CNC(=O)N2CC(C)CC2C)sc1C(=O)O. The van der Waals surface area contributed by atoms with Crippen LogP contribution in [0.2, 0.25) is 0 Å². The first-order valence-corrected chi connectivity index (χ1v) is 7.44. The predicted molar refractivity (Wildman–Crippen MR) is 76.0 cm³/mol. The largest absolute Gasteiger partial charge is 0.477 e. The van der Waals surface area contributed by atoms with Crippen molar-refractivity contribution in [3.8, 4) is 0 Å². The minimum Gasteiger partial charge on any atom is -0.477 e. The van der Waals surface area contributed by atoms with Crippen LogP contribution in [0.4, 0.5) is 4.79 Å². The molecule has 2 N–H and O–H groups in total. The van der Waals surface area contributed by atoms with Crippen molar-refractivity contribution in [1.82, 2.24) is 15.2 Å². The Balaban J connectivity index is 1.94. The number of nitrogens with one attached hydrogen (secondary N) is 1.